The molecule has 0 radical (unpaired) electrons. The van der Waals surface area contributed by atoms with Gasteiger partial charge in [-0.1, -0.05) is 30.2 Å². The minimum absolute atomic E-state index is 0.236. The van der Waals surface area contributed by atoms with Gasteiger partial charge in [-0.25, -0.2) is 4.79 Å². The molecule has 1 aromatic heterocycles. The predicted octanol–water partition coefficient (Wildman–Crippen LogP) is 5.71. The zero-order chi connectivity index (χ0) is 20.7. The van der Waals surface area contributed by atoms with E-state index in [1.165, 1.54) is 12.0 Å². The maximum Gasteiger partial charge on any atom is 0.410 e. The minimum atomic E-state index is -0.245. The van der Waals surface area contributed by atoms with Gasteiger partial charge in [0.05, 0.1) is 13.7 Å². The lowest BCUT2D eigenvalue weighted by molar-refractivity contribution is 0.0620. The van der Waals surface area contributed by atoms with E-state index in [0.29, 0.717) is 24.1 Å². The van der Waals surface area contributed by atoms with Crippen molar-refractivity contribution in [3.63, 3.8) is 0 Å². The van der Waals surface area contributed by atoms with Gasteiger partial charge in [0, 0.05) is 28.2 Å². The van der Waals surface area contributed by atoms with Crippen LogP contribution in [0.15, 0.2) is 42.5 Å². The Morgan fingerprint density at radius 2 is 2.00 bits per heavy atom. The first-order valence-electron chi connectivity index (χ1n) is 10.5. The van der Waals surface area contributed by atoms with Gasteiger partial charge in [0.1, 0.15) is 11.8 Å². The van der Waals surface area contributed by atoms with Gasteiger partial charge in [-0.3, -0.25) is 4.90 Å². The molecular weight excluding hydrogens is 400 g/mol. The second-order valence-corrected chi connectivity index (χ2v) is 8.64. The fourth-order valence-corrected chi connectivity index (χ4v) is 4.69. The van der Waals surface area contributed by atoms with Crippen LogP contribution in [0.4, 0.5) is 4.79 Å². The molecule has 1 aliphatic carbocycles. The van der Waals surface area contributed by atoms with Crippen LogP contribution in [0.2, 0.25) is 5.02 Å². The summed E-state index contributed by atoms with van der Waals surface area (Å²) in [4.78, 5) is 18.5. The SMILES string of the molecule is COc1ccc(C2c3[nH]c4ccc(Cl)cc4c3CCN2C(=O)OCC2CCC2)cc1. The number of aromatic nitrogens is 1. The molecule has 1 fully saturated rings. The van der Waals surface area contributed by atoms with Crippen molar-refractivity contribution >= 4 is 28.6 Å². The molecule has 5 rings (SSSR count). The van der Waals surface area contributed by atoms with Gasteiger partial charge in [-0.15, -0.1) is 0 Å². The summed E-state index contributed by atoms with van der Waals surface area (Å²) in [7, 11) is 1.65. The summed E-state index contributed by atoms with van der Waals surface area (Å²) < 4.78 is 11.0. The fourth-order valence-electron chi connectivity index (χ4n) is 4.52. The van der Waals surface area contributed by atoms with Gasteiger partial charge in [0.25, 0.3) is 0 Å². The number of rotatable bonds is 4. The highest BCUT2D eigenvalue weighted by atomic mass is 35.5. The van der Waals surface area contributed by atoms with Crippen LogP contribution in [0.3, 0.4) is 0 Å². The Morgan fingerprint density at radius 3 is 2.70 bits per heavy atom. The van der Waals surface area contributed by atoms with Crippen molar-refractivity contribution in [2.24, 2.45) is 5.92 Å². The first-order chi connectivity index (χ1) is 14.6. The van der Waals surface area contributed by atoms with Gasteiger partial charge in [-0.2, -0.15) is 0 Å². The van der Waals surface area contributed by atoms with Crippen LogP contribution in [-0.4, -0.2) is 36.2 Å². The number of carbonyl (C=O) groups is 1. The van der Waals surface area contributed by atoms with Crippen LogP contribution in [0, 0.1) is 5.92 Å². The fraction of sp³-hybridized carbons (Fsp3) is 0.375. The smallest absolute Gasteiger partial charge is 0.410 e. The highest BCUT2D eigenvalue weighted by Gasteiger charge is 2.36. The van der Waals surface area contributed by atoms with E-state index in [9.17, 15) is 4.79 Å². The van der Waals surface area contributed by atoms with E-state index in [1.54, 1.807) is 7.11 Å². The number of amides is 1. The third-order valence-electron chi connectivity index (χ3n) is 6.42. The number of hydrogen-bond acceptors (Lipinski definition) is 3. The third-order valence-corrected chi connectivity index (χ3v) is 6.66. The Hall–Kier alpha value is -2.66. The number of halogens is 1. The number of aromatic amines is 1. The topological polar surface area (TPSA) is 54.6 Å². The normalized spacial score (nSPS) is 18.7. The minimum Gasteiger partial charge on any atom is -0.497 e. The molecule has 2 aromatic carbocycles. The van der Waals surface area contributed by atoms with E-state index in [1.807, 2.05) is 47.4 Å². The van der Waals surface area contributed by atoms with Crippen molar-refractivity contribution in [1.82, 2.24) is 9.88 Å². The number of ether oxygens (including phenoxy) is 2. The molecule has 1 amide bonds. The summed E-state index contributed by atoms with van der Waals surface area (Å²) in [5, 5.41) is 1.84. The first-order valence-corrected chi connectivity index (χ1v) is 10.9. The molecule has 1 saturated carbocycles. The number of nitrogens with zero attached hydrogens (tertiary/aromatic N) is 1. The molecule has 5 nitrogen and oxygen atoms in total. The largest absolute Gasteiger partial charge is 0.497 e. The predicted molar refractivity (Wildman–Crippen MR) is 117 cm³/mol. The average Bonchev–Trinajstić information content (AvgIpc) is 3.09. The number of benzene rings is 2. The Balaban J connectivity index is 1.53. The van der Waals surface area contributed by atoms with Crippen molar-refractivity contribution < 1.29 is 14.3 Å². The number of nitrogens with one attached hydrogen (secondary N) is 1. The molecule has 0 saturated heterocycles. The Bertz CT molecular complexity index is 1070. The molecule has 156 valence electrons. The summed E-state index contributed by atoms with van der Waals surface area (Å²) >= 11 is 6.26. The van der Waals surface area contributed by atoms with Crippen molar-refractivity contribution in [2.75, 3.05) is 20.3 Å². The van der Waals surface area contributed by atoms with Crippen molar-refractivity contribution in [2.45, 2.75) is 31.7 Å². The molecule has 0 bridgehead atoms. The standard InChI is InChI=1S/C24H25ClN2O3/c1-29-18-8-5-16(6-9-18)23-22-19(20-13-17(25)7-10-21(20)26-22)11-12-27(23)24(28)30-14-15-3-2-4-15/h5-10,13,15,23,26H,2-4,11-12,14H2,1H3. The molecule has 0 spiro atoms. The summed E-state index contributed by atoms with van der Waals surface area (Å²) in [5.74, 6) is 1.31. The van der Waals surface area contributed by atoms with E-state index in [4.69, 9.17) is 21.1 Å². The highest BCUT2D eigenvalue weighted by Crippen LogP contribution is 2.40. The number of carbonyl (C=O) groups excluding carboxylic acids is 1. The van der Waals surface area contributed by atoms with Crippen molar-refractivity contribution in [1.29, 1.82) is 0 Å². The molecule has 1 aliphatic heterocycles. The maximum absolute atomic E-state index is 13.1. The Labute approximate surface area is 180 Å². The van der Waals surface area contributed by atoms with Gasteiger partial charge >= 0.3 is 6.09 Å². The lowest BCUT2D eigenvalue weighted by Gasteiger charge is -2.36. The molecule has 30 heavy (non-hydrogen) atoms. The second kappa shape index (κ2) is 7.88. The van der Waals surface area contributed by atoms with Gasteiger partial charge in [0.2, 0.25) is 0 Å². The van der Waals surface area contributed by atoms with E-state index in [-0.39, 0.29) is 12.1 Å². The van der Waals surface area contributed by atoms with E-state index >= 15 is 0 Å². The second-order valence-electron chi connectivity index (χ2n) is 8.20. The monoisotopic (exact) mass is 424 g/mol. The quantitative estimate of drug-likeness (QED) is 0.583. The van der Waals surface area contributed by atoms with Crippen LogP contribution < -0.4 is 4.74 Å². The van der Waals surface area contributed by atoms with Gasteiger partial charge in [-0.05, 0) is 66.6 Å². The highest BCUT2D eigenvalue weighted by molar-refractivity contribution is 6.31. The van der Waals surface area contributed by atoms with Crippen LogP contribution in [-0.2, 0) is 11.2 Å². The molecule has 6 heteroatoms. The van der Waals surface area contributed by atoms with Crippen LogP contribution >= 0.6 is 11.6 Å². The zero-order valence-corrected chi connectivity index (χ0v) is 17.7. The first kappa shape index (κ1) is 19.3. The molecule has 1 atom stereocenters. The summed E-state index contributed by atoms with van der Waals surface area (Å²) in [6, 6.07) is 13.6. The average molecular weight is 425 g/mol. The van der Waals surface area contributed by atoms with E-state index < -0.39 is 0 Å². The van der Waals surface area contributed by atoms with E-state index in [2.05, 4.69) is 4.98 Å². The number of hydrogen-bond donors (Lipinski definition) is 1. The van der Waals surface area contributed by atoms with Crippen molar-refractivity contribution in [3.05, 3.63) is 64.3 Å². The van der Waals surface area contributed by atoms with Crippen LogP contribution in [0.5, 0.6) is 5.75 Å². The molecule has 1 unspecified atom stereocenters. The molecular formula is C24H25ClN2O3. The zero-order valence-electron chi connectivity index (χ0n) is 17.0. The lowest BCUT2D eigenvalue weighted by Crippen LogP contribution is -2.41. The molecule has 2 heterocycles. The third kappa shape index (κ3) is 3.41. The number of methoxy groups -OCH3 is 1. The molecule has 3 aromatic rings. The van der Waals surface area contributed by atoms with Crippen LogP contribution in [0.25, 0.3) is 10.9 Å². The molecule has 1 N–H and O–H groups in total. The Morgan fingerprint density at radius 1 is 1.20 bits per heavy atom. The van der Waals surface area contributed by atoms with E-state index in [0.717, 1.165) is 47.2 Å². The number of fused-ring (bicyclic) bond motifs is 3. The Kier molecular flexibility index (Phi) is 5.07. The maximum atomic E-state index is 13.1. The summed E-state index contributed by atoms with van der Waals surface area (Å²) in [5.41, 5.74) is 4.31. The number of H-pyrrole nitrogens is 1. The summed E-state index contributed by atoms with van der Waals surface area (Å²) in [6.45, 7) is 1.12. The van der Waals surface area contributed by atoms with Crippen LogP contribution in [0.1, 0.15) is 42.1 Å². The van der Waals surface area contributed by atoms with Gasteiger partial charge < -0.3 is 14.5 Å². The van der Waals surface area contributed by atoms with Crippen molar-refractivity contribution in [3.8, 4) is 5.75 Å². The lowest BCUT2D eigenvalue weighted by atomic mass is 9.86. The molecule has 2 aliphatic rings. The van der Waals surface area contributed by atoms with Gasteiger partial charge in [0.15, 0.2) is 0 Å². The summed E-state index contributed by atoms with van der Waals surface area (Å²) in [6.07, 6.45) is 4.07.